The van der Waals surface area contributed by atoms with Crippen molar-refractivity contribution in [3.05, 3.63) is 59.2 Å². The van der Waals surface area contributed by atoms with Crippen LogP contribution in [0.5, 0.6) is 5.75 Å². The number of carbonyl (C=O) groups excluding carboxylic acids is 2. The normalized spacial score (nSPS) is 10.0. The number of benzene rings is 2. The van der Waals surface area contributed by atoms with Crippen LogP contribution in [0.4, 0.5) is 5.69 Å². The Kier molecular flexibility index (Phi) is 5.36. The number of aryl methyl sites for hydroxylation is 2. The second-order valence-corrected chi connectivity index (χ2v) is 5.26. The van der Waals surface area contributed by atoms with Gasteiger partial charge in [-0.2, -0.15) is 0 Å². The van der Waals surface area contributed by atoms with Crippen LogP contribution < -0.4 is 15.4 Å². The lowest BCUT2D eigenvalue weighted by Crippen LogP contribution is -2.35. The molecule has 0 atom stereocenters. The van der Waals surface area contributed by atoms with E-state index in [2.05, 4.69) is 10.6 Å². The molecule has 0 fully saturated rings. The Morgan fingerprint density at radius 2 is 1.65 bits per heavy atom. The van der Waals surface area contributed by atoms with E-state index in [1.165, 1.54) is 0 Å². The summed E-state index contributed by atoms with van der Waals surface area (Å²) >= 11 is 0. The van der Waals surface area contributed by atoms with Gasteiger partial charge in [0.25, 0.3) is 0 Å². The molecule has 120 valence electrons. The van der Waals surface area contributed by atoms with E-state index in [1.807, 2.05) is 56.3 Å². The molecule has 0 heterocycles. The highest BCUT2D eigenvalue weighted by molar-refractivity contribution is 6.39. The standard InChI is InChI=1S/C18H20N2O3/c1-12-6-4-7-13(2)16(12)20-18(22)17(21)19-11-14-8-5-9-15(10-14)23-3/h4-10H,11H2,1-3H3,(H,19,21)(H,20,22). The quantitative estimate of drug-likeness (QED) is 0.853. The fourth-order valence-corrected chi connectivity index (χ4v) is 2.23. The smallest absolute Gasteiger partial charge is 0.313 e. The maximum Gasteiger partial charge on any atom is 0.313 e. The number of anilines is 1. The van der Waals surface area contributed by atoms with Crippen LogP contribution in [0, 0.1) is 13.8 Å². The molecule has 0 spiro atoms. The molecule has 0 saturated carbocycles. The van der Waals surface area contributed by atoms with E-state index in [4.69, 9.17) is 4.74 Å². The number of para-hydroxylation sites is 1. The van der Waals surface area contributed by atoms with Crippen molar-refractivity contribution in [2.75, 3.05) is 12.4 Å². The summed E-state index contributed by atoms with van der Waals surface area (Å²) in [7, 11) is 1.58. The second kappa shape index (κ2) is 7.45. The molecule has 2 amide bonds. The van der Waals surface area contributed by atoms with Gasteiger partial charge in [0.15, 0.2) is 0 Å². The molecule has 2 rings (SSSR count). The SMILES string of the molecule is COc1cccc(CNC(=O)C(=O)Nc2c(C)cccc2C)c1. The maximum atomic E-state index is 12.0. The van der Waals surface area contributed by atoms with Gasteiger partial charge in [0, 0.05) is 12.2 Å². The van der Waals surface area contributed by atoms with Gasteiger partial charge in [0.2, 0.25) is 0 Å². The zero-order valence-corrected chi connectivity index (χ0v) is 13.5. The molecule has 5 nitrogen and oxygen atoms in total. The number of hydrogen-bond donors (Lipinski definition) is 2. The number of nitrogens with one attached hydrogen (secondary N) is 2. The number of carbonyl (C=O) groups is 2. The average Bonchev–Trinajstić information content (AvgIpc) is 2.56. The van der Waals surface area contributed by atoms with Crippen LogP contribution in [-0.4, -0.2) is 18.9 Å². The first-order valence-electron chi connectivity index (χ1n) is 7.29. The summed E-state index contributed by atoms with van der Waals surface area (Å²) in [6, 6.07) is 13.0. The molecule has 2 aromatic carbocycles. The summed E-state index contributed by atoms with van der Waals surface area (Å²) in [6.07, 6.45) is 0. The Labute approximate surface area is 135 Å². The summed E-state index contributed by atoms with van der Waals surface area (Å²) in [5.74, 6) is -0.641. The maximum absolute atomic E-state index is 12.0. The van der Waals surface area contributed by atoms with E-state index < -0.39 is 11.8 Å². The average molecular weight is 312 g/mol. The molecule has 0 bridgehead atoms. The topological polar surface area (TPSA) is 67.4 Å². The number of ether oxygens (including phenoxy) is 1. The Morgan fingerprint density at radius 1 is 1.00 bits per heavy atom. The van der Waals surface area contributed by atoms with Crippen LogP contribution in [0.1, 0.15) is 16.7 Å². The highest BCUT2D eigenvalue weighted by atomic mass is 16.5. The third-order valence-electron chi connectivity index (χ3n) is 3.51. The number of methoxy groups -OCH3 is 1. The van der Waals surface area contributed by atoms with Gasteiger partial charge in [-0.1, -0.05) is 30.3 Å². The van der Waals surface area contributed by atoms with Crippen LogP contribution in [0.2, 0.25) is 0 Å². The molecule has 0 aliphatic carbocycles. The molecule has 23 heavy (non-hydrogen) atoms. The van der Waals surface area contributed by atoms with Crippen LogP contribution >= 0.6 is 0 Å². The van der Waals surface area contributed by atoms with Gasteiger partial charge in [0.1, 0.15) is 5.75 Å². The highest BCUT2D eigenvalue weighted by Gasteiger charge is 2.15. The Hall–Kier alpha value is -2.82. The van der Waals surface area contributed by atoms with Crippen molar-refractivity contribution >= 4 is 17.5 Å². The number of amides is 2. The van der Waals surface area contributed by atoms with E-state index in [-0.39, 0.29) is 6.54 Å². The zero-order chi connectivity index (χ0) is 16.8. The lowest BCUT2D eigenvalue weighted by molar-refractivity contribution is -0.136. The minimum atomic E-state index is -0.676. The molecule has 0 aromatic heterocycles. The van der Waals surface area contributed by atoms with Crippen LogP contribution in [-0.2, 0) is 16.1 Å². The largest absolute Gasteiger partial charge is 0.497 e. The van der Waals surface area contributed by atoms with E-state index in [0.29, 0.717) is 11.4 Å². The van der Waals surface area contributed by atoms with Crippen LogP contribution in [0.25, 0.3) is 0 Å². The molecule has 0 aliphatic heterocycles. The van der Waals surface area contributed by atoms with Crippen molar-refractivity contribution in [2.24, 2.45) is 0 Å². The lowest BCUT2D eigenvalue weighted by atomic mass is 10.1. The zero-order valence-electron chi connectivity index (χ0n) is 13.5. The first kappa shape index (κ1) is 16.5. The first-order valence-corrected chi connectivity index (χ1v) is 7.29. The molecule has 0 radical (unpaired) electrons. The third-order valence-corrected chi connectivity index (χ3v) is 3.51. The minimum absolute atomic E-state index is 0.260. The van der Waals surface area contributed by atoms with E-state index in [1.54, 1.807) is 7.11 Å². The predicted molar refractivity (Wildman–Crippen MR) is 89.4 cm³/mol. The predicted octanol–water partition coefficient (Wildman–Crippen LogP) is 2.57. The van der Waals surface area contributed by atoms with E-state index >= 15 is 0 Å². The number of rotatable bonds is 4. The lowest BCUT2D eigenvalue weighted by Gasteiger charge is -2.11. The summed E-state index contributed by atoms with van der Waals surface area (Å²) in [4.78, 5) is 24.0. The highest BCUT2D eigenvalue weighted by Crippen LogP contribution is 2.19. The second-order valence-electron chi connectivity index (χ2n) is 5.26. The Balaban J connectivity index is 1.96. The van der Waals surface area contributed by atoms with E-state index in [9.17, 15) is 9.59 Å². The van der Waals surface area contributed by atoms with Gasteiger partial charge < -0.3 is 15.4 Å². The van der Waals surface area contributed by atoms with Gasteiger partial charge in [-0.15, -0.1) is 0 Å². The Morgan fingerprint density at radius 3 is 2.30 bits per heavy atom. The third kappa shape index (κ3) is 4.32. The van der Waals surface area contributed by atoms with E-state index in [0.717, 1.165) is 16.7 Å². The van der Waals surface area contributed by atoms with Gasteiger partial charge in [-0.25, -0.2) is 0 Å². The molecule has 2 N–H and O–H groups in total. The van der Waals surface area contributed by atoms with Gasteiger partial charge >= 0.3 is 11.8 Å². The molecule has 0 unspecified atom stereocenters. The molecule has 2 aromatic rings. The molecule has 5 heteroatoms. The van der Waals surface area contributed by atoms with Crippen molar-refractivity contribution in [2.45, 2.75) is 20.4 Å². The summed E-state index contributed by atoms with van der Waals surface area (Å²) in [5, 5.41) is 5.26. The summed E-state index contributed by atoms with van der Waals surface area (Å²) in [5.41, 5.74) is 3.37. The summed E-state index contributed by atoms with van der Waals surface area (Å²) in [6.45, 7) is 4.03. The molecule has 0 aliphatic rings. The fraction of sp³-hybridized carbons (Fsp3) is 0.222. The van der Waals surface area contributed by atoms with Crippen LogP contribution in [0.15, 0.2) is 42.5 Å². The number of hydrogen-bond acceptors (Lipinski definition) is 3. The summed E-state index contributed by atoms with van der Waals surface area (Å²) < 4.78 is 5.12. The van der Waals surface area contributed by atoms with Gasteiger partial charge in [-0.3, -0.25) is 9.59 Å². The van der Waals surface area contributed by atoms with Crippen LogP contribution in [0.3, 0.4) is 0 Å². The molecular weight excluding hydrogens is 292 g/mol. The van der Waals surface area contributed by atoms with Crippen molar-refractivity contribution in [1.82, 2.24) is 5.32 Å². The van der Waals surface area contributed by atoms with Crippen molar-refractivity contribution in [3.63, 3.8) is 0 Å². The minimum Gasteiger partial charge on any atom is -0.497 e. The fourth-order valence-electron chi connectivity index (χ4n) is 2.23. The molecule has 0 saturated heterocycles. The van der Waals surface area contributed by atoms with Crippen molar-refractivity contribution in [3.8, 4) is 5.75 Å². The monoisotopic (exact) mass is 312 g/mol. The van der Waals surface area contributed by atoms with Gasteiger partial charge in [0.05, 0.1) is 7.11 Å². The Bertz CT molecular complexity index is 706. The first-order chi connectivity index (χ1) is 11.0. The van der Waals surface area contributed by atoms with Crippen molar-refractivity contribution < 1.29 is 14.3 Å². The van der Waals surface area contributed by atoms with Gasteiger partial charge in [-0.05, 0) is 42.7 Å². The van der Waals surface area contributed by atoms with Crippen molar-refractivity contribution in [1.29, 1.82) is 0 Å². The molecular formula is C18H20N2O3.